The molecular formula is C7H2Cl2F2INO. The van der Waals surface area contributed by atoms with E-state index in [0.29, 0.717) is 0 Å². The summed E-state index contributed by atoms with van der Waals surface area (Å²) in [5.74, 6) is 0. The van der Waals surface area contributed by atoms with Crippen molar-refractivity contribution in [2.75, 3.05) is 0 Å². The molecule has 2 nitrogen and oxygen atoms in total. The lowest BCUT2D eigenvalue weighted by Crippen LogP contribution is -2.04. The largest absolute Gasteiger partial charge is 0.275 e. The van der Waals surface area contributed by atoms with Crippen molar-refractivity contribution < 1.29 is 13.6 Å². The molecule has 0 fully saturated rings. The van der Waals surface area contributed by atoms with E-state index in [1.807, 2.05) is 0 Å². The van der Waals surface area contributed by atoms with Crippen LogP contribution in [-0.4, -0.2) is 10.2 Å². The molecule has 0 saturated carbocycles. The van der Waals surface area contributed by atoms with Gasteiger partial charge in [-0.05, 0) is 40.3 Å². The molecule has 1 aromatic heterocycles. The van der Waals surface area contributed by atoms with Gasteiger partial charge in [0.05, 0.1) is 5.56 Å². The number of alkyl halides is 2. The van der Waals surface area contributed by atoms with Gasteiger partial charge in [-0.2, -0.15) is 0 Å². The predicted octanol–water partition coefficient (Wildman–Crippen LogP) is 3.66. The molecule has 1 rings (SSSR count). The summed E-state index contributed by atoms with van der Waals surface area (Å²) in [5.41, 5.74) is -0.777. The van der Waals surface area contributed by atoms with Crippen molar-refractivity contribution in [3.8, 4) is 0 Å². The zero-order valence-corrected chi connectivity index (χ0v) is 10.1. The zero-order chi connectivity index (χ0) is 10.9. The van der Waals surface area contributed by atoms with Crippen molar-refractivity contribution in [2.24, 2.45) is 0 Å². The minimum absolute atomic E-state index is 0.0744. The lowest BCUT2D eigenvalue weighted by molar-refractivity contribution is 0.106. The topological polar surface area (TPSA) is 30.0 Å². The number of aromatic nitrogens is 1. The summed E-state index contributed by atoms with van der Waals surface area (Å²) in [6, 6.07) is 0.935. The highest BCUT2D eigenvalue weighted by Gasteiger charge is 2.21. The second-order valence-electron chi connectivity index (χ2n) is 2.27. The minimum Gasteiger partial charge on any atom is -0.275 e. The number of rotatable bonds is 2. The molecular weight excluding hydrogens is 350 g/mol. The molecule has 14 heavy (non-hydrogen) atoms. The average Bonchev–Trinajstić information content (AvgIpc) is 2.01. The van der Waals surface area contributed by atoms with Crippen molar-refractivity contribution >= 4 is 51.0 Å². The van der Waals surface area contributed by atoms with Crippen LogP contribution in [0.15, 0.2) is 6.07 Å². The van der Waals surface area contributed by atoms with Gasteiger partial charge in [0, 0.05) is 5.56 Å². The van der Waals surface area contributed by atoms with Gasteiger partial charge in [0.2, 0.25) is 0 Å². The fraction of sp³-hybridized carbons (Fsp3) is 0.143. The van der Waals surface area contributed by atoms with Gasteiger partial charge in [0.15, 0.2) is 0 Å². The molecule has 0 aliphatic carbocycles. The summed E-state index contributed by atoms with van der Waals surface area (Å²) in [4.78, 5) is 14.5. The average molecular weight is 352 g/mol. The van der Waals surface area contributed by atoms with E-state index in [9.17, 15) is 13.6 Å². The monoisotopic (exact) mass is 351 g/mol. The van der Waals surface area contributed by atoms with E-state index >= 15 is 0 Å². The standard InChI is InChI=1S/C7H2Cl2F2INO/c8-3-1-2(6(10)11)4(5(9)14)7(12)13-3/h1,6H. The van der Waals surface area contributed by atoms with E-state index < -0.39 is 17.2 Å². The molecule has 0 radical (unpaired) electrons. The summed E-state index contributed by atoms with van der Waals surface area (Å²) in [7, 11) is 0. The van der Waals surface area contributed by atoms with Gasteiger partial charge in [0.1, 0.15) is 8.85 Å². The molecule has 7 heteroatoms. The third-order valence-electron chi connectivity index (χ3n) is 1.41. The lowest BCUT2D eigenvalue weighted by Gasteiger charge is -2.06. The van der Waals surface area contributed by atoms with Crippen LogP contribution in [0.3, 0.4) is 0 Å². The van der Waals surface area contributed by atoms with Crippen molar-refractivity contribution in [2.45, 2.75) is 6.43 Å². The van der Waals surface area contributed by atoms with E-state index in [-0.39, 0.29) is 14.4 Å². The summed E-state index contributed by atoms with van der Waals surface area (Å²) in [6.07, 6.45) is -2.80. The third kappa shape index (κ3) is 2.52. The SMILES string of the molecule is O=C(Cl)c1c(C(F)F)cc(Cl)nc1I. The maximum Gasteiger partial charge on any atom is 0.264 e. The number of nitrogens with zero attached hydrogens (tertiary/aromatic N) is 1. The predicted molar refractivity (Wildman–Crippen MR) is 57.1 cm³/mol. The fourth-order valence-electron chi connectivity index (χ4n) is 0.868. The zero-order valence-electron chi connectivity index (χ0n) is 6.40. The molecule has 0 atom stereocenters. The van der Waals surface area contributed by atoms with Crippen molar-refractivity contribution in [1.82, 2.24) is 4.98 Å². The summed E-state index contributed by atoms with van der Waals surface area (Å²) in [6.45, 7) is 0. The van der Waals surface area contributed by atoms with E-state index in [1.165, 1.54) is 0 Å². The van der Waals surface area contributed by atoms with Crippen molar-refractivity contribution in [1.29, 1.82) is 0 Å². The Hall–Kier alpha value is -0.0100. The molecule has 0 spiro atoms. The molecule has 0 aliphatic heterocycles. The van der Waals surface area contributed by atoms with E-state index in [1.54, 1.807) is 22.6 Å². The van der Waals surface area contributed by atoms with Crippen LogP contribution in [0.1, 0.15) is 22.3 Å². The van der Waals surface area contributed by atoms with Crippen LogP contribution >= 0.6 is 45.8 Å². The first-order chi connectivity index (χ1) is 6.43. The fourth-order valence-corrected chi connectivity index (χ4v) is 2.39. The second kappa shape index (κ2) is 4.67. The molecule has 1 heterocycles. The molecule has 0 bridgehead atoms. The molecule has 0 aromatic carbocycles. The Balaban J connectivity index is 3.44. The molecule has 0 aliphatic rings. The van der Waals surface area contributed by atoms with Gasteiger partial charge in [-0.1, -0.05) is 11.6 Å². The molecule has 0 saturated heterocycles. The van der Waals surface area contributed by atoms with Crippen LogP contribution in [0.4, 0.5) is 8.78 Å². The smallest absolute Gasteiger partial charge is 0.264 e. The van der Waals surface area contributed by atoms with Crippen molar-refractivity contribution in [3.05, 3.63) is 26.0 Å². The Morgan fingerprint density at radius 1 is 1.57 bits per heavy atom. The van der Waals surface area contributed by atoms with Crippen LogP contribution in [0.2, 0.25) is 5.15 Å². The quantitative estimate of drug-likeness (QED) is 0.462. The van der Waals surface area contributed by atoms with Gasteiger partial charge in [0.25, 0.3) is 11.7 Å². The summed E-state index contributed by atoms with van der Waals surface area (Å²) in [5, 5.41) is -1.06. The Bertz CT molecular complexity index is 386. The third-order valence-corrected chi connectivity index (χ3v) is 2.57. The Morgan fingerprint density at radius 3 is 2.57 bits per heavy atom. The lowest BCUT2D eigenvalue weighted by atomic mass is 10.1. The Kier molecular flexibility index (Phi) is 4.03. The first-order valence-electron chi connectivity index (χ1n) is 3.27. The molecule has 0 unspecified atom stereocenters. The maximum atomic E-state index is 12.4. The molecule has 76 valence electrons. The number of hydrogen-bond acceptors (Lipinski definition) is 2. The van der Waals surface area contributed by atoms with Crippen LogP contribution in [0.5, 0.6) is 0 Å². The van der Waals surface area contributed by atoms with Gasteiger partial charge in [-0.25, -0.2) is 13.8 Å². The minimum atomic E-state index is -2.80. The molecule has 0 amide bonds. The normalized spacial score (nSPS) is 10.7. The van der Waals surface area contributed by atoms with Gasteiger partial charge < -0.3 is 0 Å². The molecule has 1 aromatic rings. The highest BCUT2D eigenvalue weighted by Crippen LogP contribution is 2.29. The van der Waals surface area contributed by atoms with Crippen LogP contribution in [0, 0.1) is 3.70 Å². The first-order valence-corrected chi connectivity index (χ1v) is 5.11. The second-order valence-corrected chi connectivity index (χ2v) is 4.03. The number of hydrogen-bond donors (Lipinski definition) is 0. The van der Waals surface area contributed by atoms with Crippen LogP contribution in [-0.2, 0) is 0 Å². The number of carbonyl (C=O) groups excluding carboxylic acids is 1. The van der Waals surface area contributed by atoms with Gasteiger partial charge in [-0.15, -0.1) is 0 Å². The number of pyridine rings is 1. The Morgan fingerprint density at radius 2 is 2.14 bits per heavy atom. The highest BCUT2D eigenvalue weighted by molar-refractivity contribution is 14.1. The van der Waals surface area contributed by atoms with E-state index in [0.717, 1.165) is 6.07 Å². The van der Waals surface area contributed by atoms with E-state index in [4.69, 9.17) is 23.2 Å². The van der Waals surface area contributed by atoms with Crippen LogP contribution < -0.4 is 0 Å². The highest BCUT2D eigenvalue weighted by atomic mass is 127. The van der Waals surface area contributed by atoms with Crippen LogP contribution in [0.25, 0.3) is 0 Å². The van der Waals surface area contributed by atoms with Gasteiger partial charge >= 0.3 is 0 Å². The number of carbonyl (C=O) groups is 1. The Labute approximate surface area is 102 Å². The van der Waals surface area contributed by atoms with Crippen molar-refractivity contribution in [3.63, 3.8) is 0 Å². The number of halogens is 5. The van der Waals surface area contributed by atoms with E-state index in [2.05, 4.69) is 4.98 Å². The molecule has 0 N–H and O–H groups in total. The van der Waals surface area contributed by atoms with Gasteiger partial charge in [-0.3, -0.25) is 4.79 Å². The summed E-state index contributed by atoms with van der Waals surface area (Å²) < 4.78 is 25.0. The summed E-state index contributed by atoms with van der Waals surface area (Å²) >= 11 is 12.2. The maximum absolute atomic E-state index is 12.4. The first kappa shape index (κ1) is 12.1.